The van der Waals surface area contributed by atoms with Crippen molar-refractivity contribution in [3.63, 3.8) is 0 Å². The number of hydrogen-bond acceptors (Lipinski definition) is 3. The number of aryl methyl sites for hydroxylation is 2. The van der Waals surface area contributed by atoms with E-state index < -0.39 is 0 Å². The van der Waals surface area contributed by atoms with E-state index in [-0.39, 0.29) is 17.9 Å². The molecule has 1 aliphatic carbocycles. The number of hydrogen-bond donors (Lipinski definition) is 3. The molecule has 7 nitrogen and oxygen atoms in total. The molecule has 2 unspecified atom stereocenters. The number of imidazole rings is 1. The first-order valence-electron chi connectivity index (χ1n) is 10.2. The second-order valence-electron chi connectivity index (χ2n) is 7.74. The average Bonchev–Trinajstić information content (AvgIpc) is 3.05. The van der Waals surface area contributed by atoms with Crippen LogP contribution in [0.3, 0.4) is 0 Å². The first kappa shape index (κ1) is 21.3. The Morgan fingerprint density at radius 1 is 1.37 bits per heavy atom. The highest BCUT2D eigenvalue weighted by Gasteiger charge is 2.27. The summed E-state index contributed by atoms with van der Waals surface area (Å²) >= 11 is 0. The SMILES string of the molecule is CN=C(NCCCCn1ccnc1C)NC1CCCC(C(=O)NC(C)C)C1. The minimum atomic E-state index is 0.107. The lowest BCUT2D eigenvalue weighted by molar-refractivity contribution is -0.126. The Hall–Kier alpha value is -2.05. The summed E-state index contributed by atoms with van der Waals surface area (Å²) in [6.45, 7) is 7.93. The van der Waals surface area contributed by atoms with Crippen LogP contribution in [-0.2, 0) is 11.3 Å². The number of carbonyl (C=O) groups excluding carboxylic acids is 1. The van der Waals surface area contributed by atoms with Crippen LogP contribution in [-0.4, -0.2) is 47.1 Å². The first-order chi connectivity index (χ1) is 13.0. The molecule has 1 aromatic heterocycles. The summed E-state index contributed by atoms with van der Waals surface area (Å²) in [5, 5.41) is 9.95. The van der Waals surface area contributed by atoms with Crippen LogP contribution in [0.25, 0.3) is 0 Å². The Labute approximate surface area is 163 Å². The second-order valence-corrected chi connectivity index (χ2v) is 7.74. The smallest absolute Gasteiger partial charge is 0.223 e. The van der Waals surface area contributed by atoms with Crippen molar-refractivity contribution in [3.05, 3.63) is 18.2 Å². The highest BCUT2D eigenvalue weighted by molar-refractivity contribution is 5.81. The predicted molar refractivity (Wildman–Crippen MR) is 110 cm³/mol. The van der Waals surface area contributed by atoms with E-state index in [0.717, 1.165) is 63.4 Å². The van der Waals surface area contributed by atoms with Crippen molar-refractivity contribution >= 4 is 11.9 Å². The Balaban J connectivity index is 1.68. The lowest BCUT2D eigenvalue weighted by atomic mass is 9.85. The lowest BCUT2D eigenvalue weighted by Crippen LogP contribution is -2.47. The van der Waals surface area contributed by atoms with Crippen molar-refractivity contribution in [1.29, 1.82) is 0 Å². The van der Waals surface area contributed by atoms with Crippen LogP contribution in [0.1, 0.15) is 58.2 Å². The van der Waals surface area contributed by atoms with Crippen LogP contribution in [0.4, 0.5) is 0 Å². The maximum atomic E-state index is 12.3. The Bertz CT molecular complexity index is 609. The van der Waals surface area contributed by atoms with Gasteiger partial charge in [0.2, 0.25) is 5.91 Å². The molecule has 0 bridgehead atoms. The molecule has 2 atom stereocenters. The van der Waals surface area contributed by atoms with Crippen molar-refractivity contribution in [2.45, 2.75) is 77.9 Å². The molecule has 1 aromatic rings. The average molecular weight is 377 g/mol. The van der Waals surface area contributed by atoms with Gasteiger partial charge in [-0.1, -0.05) is 6.42 Å². The summed E-state index contributed by atoms with van der Waals surface area (Å²) < 4.78 is 2.18. The van der Waals surface area contributed by atoms with Crippen molar-refractivity contribution in [2.24, 2.45) is 10.9 Å². The zero-order valence-corrected chi connectivity index (χ0v) is 17.3. The number of amides is 1. The van der Waals surface area contributed by atoms with E-state index in [0.29, 0.717) is 6.04 Å². The van der Waals surface area contributed by atoms with Gasteiger partial charge in [0.15, 0.2) is 5.96 Å². The number of unbranched alkanes of at least 4 members (excludes halogenated alkanes) is 1. The quantitative estimate of drug-likeness (QED) is 0.369. The van der Waals surface area contributed by atoms with Gasteiger partial charge in [0.05, 0.1) is 0 Å². The van der Waals surface area contributed by atoms with Crippen molar-refractivity contribution in [3.8, 4) is 0 Å². The lowest BCUT2D eigenvalue weighted by Gasteiger charge is -2.30. The molecular formula is C20H36N6O. The first-order valence-corrected chi connectivity index (χ1v) is 10.2. The molecule has 7 heteroatoms. The largest absolute Gasteiger partial charge is 0.356 e. The zero-order chi connectivity index (χ0) is 19.6. The molecule has 3 N–H and O–H groups in total. The number of aromatic nitrogens is 2. The van der Waals surface area contributed by atoms with Crippen LogP contribution in [0.2, 0.25) is 0 Å². The second kappa shape index (κ2) is 10.9. The molecule has 1 fully saturated rings. The number of aliphatic imine (C=N–C) groups is 1. The third-order valence-corrected chi connectivity index (χ3v) is 5.08. The van der Waals surface area contributed by atoms with Gasteiger partial charge in [-0.05, 0) is 52.9 Å². The minimum absolute atomic E-state index is 0.107. The van der Waals surface area contributed by atoms with Crippen molar-refractivity contribution in [1.82, 2.24) is 25.5 Å². The van der Waals surface area contributed by atoms with E-state index in [1.165, 1.54) is 0 Å². The monoisotopic (exact) mass is 376 g/mol. The summed E-state index contributed by atoms with van der Waals surface area (Å²) in [6.07, 6.45) is 10.1. The van der Waals surface area contributed by atoms with E-state index in [1.807, 2.05) is 33.2 Å². The van der Waals surface area contributed by atoms with Gasteiger partial charge in [-0.3, -0.25) is 9.79 Å². The van der Waals surface area contributed by atoms with E-state index in [4.69, 9.17) is 0 Å². The maximum Gasteiger partial charge on any atom is 0.223 e. The molecule has 0 saturated heterocycles. The van der Waals surface area contributed by atoms with E-state index in [1.54, 1.807) is 7.05 Å². The maximum absolute atomic E-state index is 12.3. The van der Waals surface area contributed by atoms with E-state index in [2.05, 4.69) is 30.5 Å². The number of nitrogens with zero attached hydrogens (tertiary/aromatic N) is 3. The molecule has 0 spiro atoms. The van der Waals surface area contributed by atoms with Gasteiger partial charge in [0.1, 0.15) is 5.82 Å². The summed E-state index contributed by atoms with van der Waals surface area (Å²) in [4.78, 5) is 20.9. The molecule has 2 rings (SSSR count). The third-order valence-electron chi connectivity index (χ3n) is 5.08. The molecule has 0 radical (unpaired) electrons. The highest BCUT2D eigenvalue weighted by Crippen LogP contribution is 2.24. The molecule has 0 aliphatic heterocycles. The Morgan fingerprint density at radius 3 is 2.85 bits per heavy atom. The fourth-order valence-corrected chi connectivity index (χ4v) is 3.60. The third kappa shape index (κ3) is 7.23. The number of nitrogens with one attached hydrogen (secondary N) is 3. The van der Waals surface area contributed by atoms with Crippen LogP contribution < -0.4 is 16.0 Å². The van der Waals surface area contributed by atoms with E-state index >= 15 is 0 Å². The molecular weight excluding hydrogens is 340 g/mol. The standard InChI is InChI=1S/C20H36N6O/c1-15(2)24-19(27)17-8-7-9-18(14-17)25-20(21-4)23-10-5-6-12-26-13-11-22-16(26)3/h11,13,15,17-18H,5-10,12,14H2,1-4H3,(H,24,27)(H2,21,23,25). The van der Waals surface area contributed by atoms with Gasteiger partial charge in [-0.2, -0.15) is 0 Å². The van der Waals surface area contributed by atoms with Crippen LogP contribution in [0.5, 0.6) is 0 Å². The predicted octanol–water partition coefficient (Wildman–Crippen LogP) is 2.22. The van der Waals surface area contributed by atoms with Crippen molar-refractivity contribution < 1.29 is 4.79 Å². The number of guanidine groups is 1. The molecule has 27 heavy (non-hydrogen) atoms. The number of carbonyl (C=O) groups is 1. The summed E-state index contributed by atoms with van der Waals surface area (Å²) in [5.41, 5.74) is 0. The number of rotatable bonds is 8. The fourth-order valence-electron chi connectivity index (χ4n) is 3.60. The molecule has 1 saturated carbocycles. The Kier molecular flexibility index (Phi) is 8.61. The van der Waals surface area contributed by atoms with Gasteiger partial charge < -0.3 is 20.5 Å². The van der Waals surface area contributed by atoms with Crippen LogP contribution in [0.15, 0.2) is 17.4 Å². The highest BCUT2D eigenvalue weighted by atomic mass is 16.1. The fraction of sp³-hybridized carbons (Fsp3) is 0.750. The van der Waals surface area contributed by atoms with Crippen LogP contribution in [0, 0.1) is 12.8 Å². The zero-order valence-electron chi connectivity index (χ0n) is 17.3. The van der Waals surface area contributed by atoms with Gasteiger partial charge >= 0.3 is 0 Å². The summed E-state index contributed by atoms with van der Waals surface area (Å²) in [6, 6.07) is 0.507. The Morgan fingerprint density at radius 2 is 2.19 bits per heavy atom. The summed E-state index contributed by atoms with van der Waals surface area (Å²) in [5.74, 6) is 2.20. The van der Waals surface area contributed by atoms with Gasteiger partial charge in [-0.15, -0.1) is 0 Å². The van der Waals surface area contributed by atoms with Gasteiger partial charge in [0.25, 0.3) is 0 Å². The normalized spacial score (nSPS) is 20.6. The molecule has 1 aliphatic rings. The molecule has 1 amide bonds. The molecule has 0 aromatic carbocycles. The summed E-state index contributed by atoms with van der Waals surface area (Å²) in [7, 11) is 1.80. The van der Waals surface area contributed by atoms with E-state index in [9.17, 15) is 4.79 Å². The van der Waals surface area contributed by atoms with Crippen molar-refractivity contribution in [2.75, 3.05) is 13.6 Å². The van der Waals surface area contributed by atoms with Gasteiger partial charge in [0, 0.05) is 50.5 Å². The molecule has 152 valence electrons. The topological polar surface area (TPSA) is 83.3 Å². The minimum Gasteiger partial charge on any atom is -0.356 e. The molecule has 1 heterocycles. The van der Waals surface area contributed by atoms with Crippen LogP contribution >= 0.6 is 0 Å². The van der Waals surface area contributed by atoms with Gasteiger partial charge in [-0.25, -0.2) is 4.98 Å².